The van der Waals surface area contributed by atoms with Crippen molar-refractivity contribution in [2.75, 3.05) is 37.7 Å². The molecule has 2 heterocycles. The molecular weight excluding hydrogens is 320 g/mol. The van der Waals surface area contributed by atoms with Gasteiger partial charge in [-0.25, -0.2) is 0 Å². The van der Waals surface area contributed by atoms with E-state index in [0.29, 0.717) is 24.0 Å². The van der Waals surface area contributed by atoms with E-state index < -0.39 is 0 Å². The van der Waals surface area contributed by atoms with Crippen LogP contribution in [0.4, 0.5) is 0 Å². The van der Waals surface area contributed by atoms with Gasteiger partial charge < -0.3 is 9.80 Å². The summed E-state index contributed by atoms with van der Waals surface area (Å²) in [5.41, 5.74) is 0.178. The van der Waals surface area contributed by atoms with E-state index in [-0.39, 0.29) is 5.41 Å². The monoisotopic (exact) mass is 350 g/mol. The molecule has 0 aromatic heterocycles. The summed E-state index contributed by atoms with van der Waals surface area (Å²) >= 11 is 1.82. The van der Waals surface area contributed by atoms with Gasteiger partial charge in [-0.3, -0.25) is 9.59 Å². The normalized spacial score (nSPS) is 30.9. The van der Waals surface area contributed by atoms with E-state index in [1.54, 1.807) is 0 Å². The van der Waals surface area contributed by atoms with Gasteiger partial charge in [-0.2, -0.15) is 11.8 Å². The van der Waals surface area contributed by atoms with Crippen molar-refractivity contribution in [3.05, 3.63) is 0 Å². The first-order valence-corrected chi connectivity index (χ1v) is 10.9. The second-order valence-corrected chi connectivity index (χ2v) is 9.63. The fraction of sp³-hybridized carbons (Fsp3) is 0.895. The fourth-order valence-corrected chi connectivity index (χ4v) is 5.47. The molecule has 5 heteroatoms. The predicted octanol–water partition coefficient (Wildman–Crippen LogP) is 2.77. The van der Waals surface area contributed by atoms with Gasteiger partial charge in [-0.1, -0.05) is 0 Å². The molecule has 1 atom stereocenters. The maximum atomic E-state index is 12.6. The third-order valence-corrected chi connectivity index (χ3v) is 7.37. The molecule has 2 saturated heterocycles. The molecule has 0 radical (unpaired) electrons. The Morgan fingerprint density at radius 2 is 1.92 bits per heavy atom. The molecule has 0 N–H and O–H groups in total. The summed E-state index contributed by atoms with van der Waals surface area (Å²) in [7, 11) is 0. The van der Waals surface area contributed by atoms with Gasteiger partial charge in [0, 0.05) is 38.0 Å². The molecule has 24 heavy (non-hydrogen) atoms. The molecule has 0 aromatic rings. The van der Waals surface area contributed by atoms with Gasteiger partial charge in [-0.15, -0.1) is 0 Å². The lowest BCUT2D eigenvalue weighted by atomic mass is 9.73. The topological polar surface area (TPSA) is 40.6 Å². The highest BCUT2D eigenvalue weighted by atomic mass is 32.2. The first kappa shape index (κ1) is 16.7. The zero-order chi connectivity index (χ0) is 16.6. The van der Waals surface area contributed by atoms with Crippen LogP contribution in [0.5, 0.6) is 0 Å². The van der Waals surface area contributed by atoms with Crippen molar-refractivity contribution in [2.45, 2.75) is 51.4 Å². The minimum absolute atomic E-state index is 0.178. The third-order valence-electron chi connectivity index (χ3n) is 6.21. The maximum Gasteiger partial charge on any atom is 0.232 e. The second kappa shape index (κ2) is 6.89. The average molecular weight is 351 g/mol. The van der Waals surface area contributed by atoms with Gasteiger partial charge in [0.2, 0.25) is 11.8 Å². The Bertz CT molecular complexity index is 504. The summed E-state index contributed by atoms with van der Waals surface area (Å²) in [4.78, 5) is 29.1. The number of carbonyl (C=O) groups excluding carboxylic acids is 2. The van der Waals surface area contributed by atoms with E-state index in [0.717, 1.165) is 56.6 Å². The minimum atomic E-state index is 0.178. The number of amides is 2. The van der Waals surface area contributed by atoms with Gasteiger partial charge in [0.15, 0.2) is 0 Å². The molecule has 2 amide bonds. The van der Waals surface area contributed by atoms with Gasteiger partial charge in [0.1, 0.15) is 0 Å². The lowest BCUT2D eigenvalue weighted by molar-refractivity contribution is -0.142. The Morgan fingerprint density at radius 3 is 2.67 bits per heavy atom. The number of nitrogens with zero attached hydrogens (tertiary/aromatic N) is 2. The summed E-state index contributed by atoms with van der Waals surface area (Å²) in [6.07, 6.45) is 9.25. The quantitative estimate of drug-likeness (QED) is 0.740. The smallest absolute Gasteiger partial charge is 0.232 e. The van der Waals surface area contributed by atoms with Crippen molar-refractivity contribution in [3.8, 4) is 0 Å². The van der Waals surface area contributed by atoms with Crippen molar-refractivity contribution in [2.24, 2.45) is 17.3 Å². The number of rotatable bonds is 6. The minimum Gasteiger partial charge on any atom is -0.342 e. The van der Waals surface area contributed by atoms with Crippen molar-refractivity contribution < 1.29 is 9.59 Å². The van der Waals surface area contributed by atoms with Crippen molar-refractivity contribution >= 4 is 23.6 Å². The highest BCUT2D eigenvalue weighted by molar-refractivity contribution is 7.99. The summed E-state index contributed by atoms with van der Waals surface area (Å²) in [5.74, 6) is 4.12. The van der Waals surface area contributed by atoms with E-state index in [2.05, 4.69) is 9.80 Å². The lowest BCUT2D eigenvalue weighted by Crippen LogP contribution is -2.55. The van der Waals surface area contributed by atoms with Gasteiger partial charge >= 0.3 is 0 Å². The van der Waals surface area contributed by atoms with E-state index in [1.807, 2.05) is 11.8 Å². The Morgan fingerprint density at radius 1 is 1.12 bits per heavy atom. The number of hydrogen-bond donors (Lipinski definition) is 0. The van der Waals surface area contributed by atoms with Crippen LogP contribution in [0.15, 0.2) is 0 Å². The van der Waals surface area contributed by atoms with Crippen molar-refractivity contribution in [3.63, 3.8) is 0 Å². The van der Waals surface area contributed by atoms with Crippen molar-refractivity contribution in [1.82, 2.24) is 9.80 Å². The van der Waals surface area contributed by atoms with E-state index in [4.69, 9.17) is 0 Å². The maximum absolute atomic E-state index is 12.6. The van der Waals surface area contributed by atoms with Crippen LogP contribution in [-0.4, -0.2) is 59.3 Å². The molecule has 2 aliphatic heterocycles. The fourth-order valence-electron chi connectivity index (χ4n) is 4.32. The van der Waals surface area contributed by atoms with Gasteiger partial charge in [-0.05, 0) is 62.5 Å². The molecule has 4 nitrogen and oxygen atoms in total. The molecule has 134 valence electrons. The SMILES string of the molecule is O=C(CSCC1CC1)N1CCCC2(CCC(=O)N(CC3CC3)C2)C1. The van der Waals surface area contributed by atoms with Crippen LogP contribution in [0.1, 0.15) is 51.4 Å². The van der Waals surface area contributed by atoms with Crippen LogP contribution < -0.4 is 0 Å². The highest BCUT2D eigenvalue weighted by Gasteiger charge is 2.43. The van der Waals surface area contributed by atoms with Crippen molar-refractivity contribution in [1.29, 1.82) is 0 Å². The number of carbonyl (C=O) groups is 2. The number of piperidine rings is 2. The standard InChI is InChI=1S/C19H30N2O2S/c22-17-6-8-19(14-21(17)10-15-2-3-15)7-1-9-20(13-19)18(23)12-24-11-16-4-5-16/h15-16H,1-14H2. The van der Waals surface area contributed by atoms with Crippen LogP contribution in [0, 0.1) is 17.3 Å². The van der Waals surface area contributed by atoms with Crippen LogP contribution in [-0.2, 0) is 9.59 Å². The summed E-state index contributed by atoms with van der Waals surface area (Å²) < 4.78 is 0. The number of hydrogen-bond acceptors (Lipinski definition) is 3. The second-order valence-electron chi connectivity index (χ2n) is 8.59. The third kappa shape index (κ3) is 4.09. The molecule has 1 spiro atoms. The summed E-state index contributed by atoms with van der Waals surface area (Å²) in [6.45, 7) is 3.65. The van der Waals surface area contributed by atoms with Gasteiger partial charge in [0.05, 0.1) is 5.75 Å². The molecule has 2 aliphatic carbocycles. The summed E-state index contributed by atoms with van der Waals surface area (Å²) in [6, 6.07) is 0. The Kier molecular flexibility index (Phi) is 4.81. The van der Waals surface area contributed by atoms with Crippen LogP contribution in [0.25, 0.3) is 0 Å². The first-order chi connectivity index (χ1) is 11.6. The zero-order valence-corrected chi connectivity index (χ0v) is 15.5. The Hall–Kier alpha value is -0.710. The number of likely N-dealkylation sites (tertiary alicyclic amines) is 2. The molecule has 4 fully saturated rings. The molecule has 4 aliphatic rings. The van der Waals surface area contributed by atoms with Gasteiger partial charge in [0.25, 0.3) is 0 Å². The summed E-state index contributed by atoms with van der Waals surface area (Å²) in [5, 5.41) is 0. The van der Waals surface area contributed by atoms with Crippen LogP contribution in [0.2, 0.25) is 0 Å². The lowest BCUT2D eigenvalue weighted by Gasteiger charge is -2.48. The molecule has 2 saturated carbocycles. The highest BCUT2D eigenvalue weighted by Crippen LogP contribution is 2.41. The Balaban J connectivity index is 1.32. The van der Waals surface area contributed by atoms with E-state index in [1.165, 1.54) is 32.1 Å². The molecular formula is C19H30N2O2S. The molecule has 4 rings (SSSR count). The van der Waals surface area contributed by atoms with E-state index >= 15 is 0 Å². The van der Waals surface area contributed by atoms with Crippen LogP contribution >= 0.6 is 11.8 Å². The number of thioether (sulfide) groups is 1. The Labute approximate surface area is 149 Å². The largest absolute Gasteiger partial charge is 0.342 e. The van der Waals surface area contributed by atoms with Crippen LogP contribution in [0.3, 0.4) is 0 Å². The molecule has 0 bridgehead atoms. The first-order valence-electron chi connectivity index (χ1n) is 9.77. The predicted molar refractivity (Wildman–Crippen MR) is 96.8 cm³/mol. The molecule has 1 unspecified atom stereocenters. The molecule has 0 aromatic carbocycles. The average Bonchev–Trinajstić information content (AvgIpc) is 3.47. The van der Waals surface area contributed by atoms with E-state index in [9.17, 15) is 9.59 Å². The zero-order valence-electron chi connectivity index (χ0n) is 14.7.